The van der Waals surface area contributed by atoms with Gasteiger partial charge in [-0.15, -0.1) is 11.8 Å². The van der Waals surface area contributed by atoms with E-state index in [1.807, 2.05) is 35.4 Å². The number of thiazole rings is 1. The Morgan fingerprint density at radius 1 is 1.11 bits per heavy atom. The Morgan fingerprint density at radius 2 is 1.82 bits per heavy atom. The first-order valence-corrected chi connectivity index (χ1v) is 11.4. The van der Waals surface area contributed by atoms with Crippen molar-refractivity contribution in [3.05, 3.63) is 53.1 Å². The lowest BCUT2D eigenvalue weighted by Crippen LogP contribution is -2.33. The Hall–Kier alpha value is -1.89. The number of thioether (sulfide) groups is 1. The Balaban J connectivity index is 2.00. The summed E-state index contributed by atoms with van der Waals surface area (Å²) in [5.74, 6) is 0.0243. The summed E-state index contributed by atoms with van der Waals surface area (Å²) in [4.78, 5) is 23.3. The van der Waals surface area contributed by atoms with Crippen LogP contribution in [0.15, 0.2) is 41.3 Å². The lowest BCUT2D eigenvalue weighted by molar-refractivity contribution is 0.0983. The molecule has 0 N–H and O–H groups in total. The number of aryl methyl sites for hydroxylation is 2. The average Bonchev–Trinajstić information content (AvgIpc) is 3.07. The molecule has 2 aromatic carbocycles. The quantitative estimate of drug-likeness (QED) is 0.497. The van der Waals surface area contributed by atoms with Gasteiger partial charge in [0.2, 0.25) is 0 Å². The third kappa shape index (κ3) is 4.57. The number of carbonyl (C=O) groups is 1. The normalized spacial score (nSPS) is 11.4. The van der Waals surface area contributed by atoms with Crippen molar-refractivity contribution in [2.24, 2.45) is 0 Å². The predicted molar refractivity (Wildman–Crippen MR) is 122 cm³/mol. The molecule has 1 heterocycles. The monoisotopic (exact) mass is 413 g/mol. The van der Waals surface area contributed by atoms with Crippen molar-refractivity contribution in [2.75, 3.05) is 38.3 Å². The minimum absolute atomic E-state index is 0.0243. The third-order valence-electron chi connectivity index (χ3n) is 4.79. The molecule has 0 unspecified atom stereocenters. The Bertz CT molecular complexity index is 942. The molecule has 0 spiro atoms. The first-order valence-electron chi connectivity index (χ1n) is 9.38. The zero-order valence-electron chi connectivity index (χ0n) is 17.2. The molecule has 28 heavy (non-hydrogen) atoms. The Labute approximate surface area is 175 Å². The summed E-state index contributed by atoms with van der Waals surface area (Å²) in [6, 6.07) is 12.1. The van der Waals surface area contributed by atoms with Crippen LogP contribution in [-0.2, 0) is 0 Å². The van der Waals surface area contributed by atoms with E-state index in [0.717, 1.165) is 38.8 Å². The molecule has 6 heteroatoms. The average molecular weight is 414 g/mol. The van der Waals surface area contributed by atoms with Gasteiger partial charge in [0.25, 0.3) is 5.91 Å². The van der Waals surface area contributed by atoms with Crippen molar-refractivity contribution in [3.63, 3.8) is 0 Å². The van der Waals surface area contributed by atoms with Crippen molar-refractivity contribution in [3.8, 4) is 0 Å². The molecular weight excluding hydrogens is 386 g/mol. The molecule has 0 bridgehead atoms. The Kier molecular flexibility index (Phi) is 6.75. The van der Waals surface area contributed by atoms with E-state index in [-0.39, 0.29) is 5.91 Å². The molecular formula is C22H27N3OS2. The molecule has 1 amide bonds. The van der Waals surface area contributed by atoms with Gasteiger partial charge < -0.3 is 4.90 Å². The minimum atomic E-state index is 0.0243. The predicted octanol–water partition coefficient (Wildman–Crippen LogP) is 5.23. The summed E-state index contributed by atoms with van der Waals surface area (Å²) in [7, 11) is 4.11. The van der Waals surface area contributed by atoms with Crippen molar-refractivity contribution >= 4 is 44.4 Å². The number of anilines is 1. The van der Waals surface area contributed by atoms with E-state index in [9.17, 15) is 4.79 Å². The number of hydrogen-bond donors (Lipinski definition) is 0. The summed E-state index contributed by atoms with van der Waals surface area (Å²) in [6.07, 6.45) is 2.90. The van der Waals surface area contributed by atoms with Crippen LogP contribution in [0.1, 0.15) is 27.9 Å². The van der Waals surface area contributed by atoms with Crippen LogP contribution < -0.4 is 4.90 Å². The molecule has 0 fully saturated rings. The van der Waals surface area contributed by atoms with Gasteiger partial charge >= 0.3 is 0 Å². The van der Waals surface area contributed by atoms with Crippen molar-refractivity contribution in [1.82, 2.24) is 9.88 Å². The van der Waals surface area contributed by atoms with Gasteiger partial charge in [0, 0.05) is 11.4 Å². The summed E-state index contributed by atoms with van der Waals surface area (Å²) in [5, 5.41) is 0.777. The number of fused-ring (bicyclic) bond motifs is 1. The zero-order valence-corrected chi connectivity index (χ0v) is 18.8. The second-order valence-electron chi connectivity index (χ2n) is 7.21. The van der Waals surface area contributed by atoms with Crippen LogP contribution in [0.5, 0.6) is 0 Å². The van der Waals surface area contributed by atoms with Crippen LogP contribution in [0.4, 0.5) is 5.13 Å². The standard InChI is InChI=1S/C22H27N3OS2/c1-15-13-18-20(14-16(15)2)28-22(23-18)25(12-8-11-24(3)4)21(26)17-9-6-7-10-19(17)27-5/h6-7,9-10,13-14H,8,11-12H2,1-5H3. The van der Waals surface area contributed by atoms with Gasteiger partial charge in [-0.2, -0.15) is 0 Å². The molecule has 0 radical (unpaired) electrons. The van der Waals surface area contributed by atoms with Crippen LogP contribution >= 0.6 is 23.1 Å². The number of benzene rings is 2. The van der Waals surface area contributed by atoms with Gasteiger partial charge in [0.1, 0.15) is 0 Å². The second-order valence-corrected chi connectivity index (χ2v) is 9.07. The lowest BCUT2D eigenvalue weighted by atomic mass is 10.1. The maximum atomic E-state index is 13.5. The van der Waals surface area contributed by atoms with Gasteiger partial charge in [-0.3, -0.25) is 9.69 Å². The van der Waals surface area contributed by atoms with E-state index >= 15 is 0 Å². The topological polar surface area (TPSA) is 36.4 Å². The fourth-order valence-electron chi connectivity index (χ4n) is 3.08. The molecule has 0 aliphatic carbocycles. The highest BCUT2D eigenvalue weighted by molar-refractivity contribution is 7.98. The minimum Gasteiger partial charge on any atom is -0.309 e. The Morgan fingerprint density at radius 3 is 2.54 bits per heavy atom. The zero-order chi connectivity index (χ0) is 20.3. The largest absolute Gasteiger partial charge is 0.309 e. The number of hydrogen-bond acceptors (Lipinski definition) is 5. The third-order valence-corrected chi connectivity index (χ3v) is 6.63. The molecule has 0 aliphatic rings. The van der Waals surface area contributed by atoms with Crippen LogP contribution in [0, 0.1) is 13.8 Å². The fourth-order valence-corrected chi connectivity index (χ4v) is 4.74. The number of rotatable bonds is 7. The van der Waals surface area contributed by atoms with Crippen LogP contribution in [-0.4, -0.2) is 49.2 Å². The molecule has 1 aromatic heterocycles. The fraction of sp³-hybridized carbons (Fsp3) is 0.364. The van der Waals surface area contributed by atoms with Crippen LogP contribution in [0.2, 0.25) is 0 Å². The van der Waals surface area contributed by atoms with Crippen LogP contribution in [0.25, 0.3) is 10.2 Å². The van der Waals surface area contributed by atoms with Crippen molar-refractivity contribution in [2.45, 2.75) is 25.2 Å². The van der Waals surface area contributed by atoms with Crippen LogP contribution in [0.3, 0.4) is 0 Å². The number of nitrogens with zero attached hydrogens (tertiary/aromatic N) is 3. The maximum absolute atomic E-state index is 13.5. The molecule has 0 aliphatic heterocycles. The number of amides is 1. The molecule has 4 nitrogen and oxygen atoms in total. The second kappa shape index (κ2) is 9.07. The van der Waals surface area contributed by atoms with Crippen molar-refractivity contribution < 1.29 is 4.79 Å². The van der Waals surface area contributed by atoms with E-state index in [0.29, 0.717) is 6.54 Å². The summed E-state index contributed by atoms with van der Waals surface area (Å²) in [6.45, 7) is 5.79. The van der Waals surface area contributed by atoms with Gasteiger partial charge in [-0.05, 0) is 82.6 Å². The van der Waals surface area contributed by atoms with Gasteiger partial charge in [0.15, 0.2) is 5.13 Å². The molecule has 0 saturated heterocycles. The van der Waals surface area contributed by atoms with Gasteiger partial charge in [-0.25, -0.2) is 4.98 Å². The van der Waals surface area contributed by atoms with Gasteiger partial charge in [0.05, 0.1) is 15.8 Å². The highest BCUT2D eigenvalue weighted by atomic mass is 32.2. The summed E-state index contributed by atoms with van der Waals surface area (Å²) < 4.78 is 1.13. The highest BCUT2D eigenvalue weighted by Gasteiger charge is 2.23. The molecule has 0 atom stereocenters. The lowest BCUT2D eigenvalue weighted by Gasteiger charge is -2.22. The SMILES string of the molecule is CSc1ccccc1C(=O)N(CCCN(C)C)c1nc2cc(C)c(C)cc2s1. The molecule has 3 aromatic rings. The van der Waals surface area contributed by atoms with E-state index in [1.165, 1.54) is 11.1 Å². The first-order chi connectivity index (χ1) is 13.4. The molecule has 148 valence electrons. The van der Waals surface area contributed by atoms with E-state index in [4.69, 9.17) is 4.98 Å². The smallest absolute Gasteiger partial charge is 0.261 e. The number of aromatic nitrogens is 1. The van der Waals surface area contributed by atoms with E-state index in [1.54, 1.807) is 23.1 Å². The summed E-state index contributed by atoms with van der Waals surface area (Å²) in [5.41, 5.74) is 4.18. The maximum Gasteiger partial charge on any atom is 0.261 e. The molecule has 3 rings (SSSR count). The number of carbonyl (C=O) groups excluding carboxylic acids is 1. The highest BCUT2D eigenvalue weighted by Crippen LogP contribution is 2.32. The summed E-state index contributed by atoms with van der Waals surface area (Å²) >= 11 is 3.20. The molecule has 0 saturated carbocycles. The van der Waals surface area contributed by atoms with E-state index < -0.39 is 0 Å². The van der Waals surface area contributed by atoms with E-state index in [2.05, 4.69) is 45.0 Å². The van der Waals surface area contributed by atoms with Crippen molar-refractivity contribution in [1.29, 1.82) is 0 Å². The van der Waals surface area contributed by atoms with Gasteiger partial charge in [-0.1, -0.05) is 23.5 Å². The first kappa shape index (κ1) is 20.8.